The Morgan fingerprint density at radius 3 is 3.19 bits per heavy atom. The van der Waals surface area contributed by atoms with Gasteiger partial charge in [0.05, 0.1) is 17.1 Å². The van der Waals surface area contributed by atoms with Crippen molar-refractivity contribution in [2.75, 3.05) is 13.1 Å². The Kier molecular flexibility index (Phi) is 4.34. The van der Waals surface area contributed by atoms with Crippen molar-refractivity contribution in [3.8, 4) is 0 Å². The first-order chi connectivity index (χ1) is 10.3. The van der Waals surface area contributed by atoms with Crippen LogP contribution in [0.4, 0.5) is 0 Å². The van der Waals surface area contributed by atoms with Crippen LogP contribution in [-0.2, 0) is 17.6 Å². The van der Waals surface area contributed by atoms with Gasteiger partial charge in [0.2, 0.25) is 5.91 Å². The second kappa shape index (κ2) is 6.39. The van der Waals surface area contributed by atoms with Crippen molar-refractivity contribution in [2.45, 2.75) is 38.5 Å². The van der Waals surface area contributed by atoms with Crippen LogP contribution >= 0.6 is 11.3 Å². The van der Waals surface area contributed by atoms with Gasteiger partial charge in [-0.15, -0.1) is 11.3 Å². The van der Waals surface area contributed by atoms with Crippen molar-refractivity contribution < 1.29 is 4.79 Å². The highest BCUT2D eigenvalue weighted by Gasteiger charge is 2.25. The third-order valence-electron chi connectivity index (χ3n) is 3.97. The van der Waals surface area contributed by atoms with Crippen LogP contribution in [0.5, 0.6) is 0 Å². The molecule has 1 aliphatic rings. The summed E-state index contributed by atoms with van der Waals surface area (Å²) >= 11 is 1.64. The topological polar surface area (TPSA) is 61.9 Å². The van der Waals surface area contributed by atoms with Crippen molar-refractivity contribution in [3.63, 3.8) is 0 Å². The Labute approximate surface area is 128 Å². The second-order valence-electron chi connectivity index (χ2n) is 5.45. The number of rotatable bonds is 4. The van der Waals surface area contributed by atoms with E-state index in [9.17, 15) is 4.79 Å². The van der Waals surface area contributed by atoms with E-state index in [-0.39, 0.29) is 5.91 Å². The fourth-order valence-corrected chi connectivity index (χ4v) is 3.56. The van der Waals surface area contributed by atoms with Crippen LogP contribution < -0.4 is 0 Å². The number of H-pyrrole nitrogens is 1. The monoisotopic (exact) mass is 304 g/mol. The van der Waals surface area contributed by atoms with Gasteiger partial charge in [-0.05, 0) is 25.3 Å². The maximum atomic E-state index is 12.4. The van der Waals surface area contributed by atoms with E-state index in [0.29, 0.717) is 12.3 Å². The van der Waals surface area contributed by atoms with Crippen LogP contribution in [0, 0.1) is 0 Å². The van der Waals surface area contributed by atoms with Gasteiger partial charge in [-0.1, -0.05) is 6.92 Å². The molecule has 1 fully saturated rings. The second-order valence-corrected chi connectivity index (χ2v) is 6.40. The highest BCUT2D eigenvalue weighted by Crippen LogP contribution is 2.25. The van der Waals surface area contributed by atoms with Gasteiger partial charge in [-0.2, -0.15) is 5.10 Å². The zero-order valence-electron chi connectivity index (χ0n) is 12.2. The minimum atomic E-state index is 0.187. The summed E-state index contributed by atoms with van der Waals surface area (Å²) in [6.45, 7) is 3.73. The number of carbonyl (C=O) groups is 1. The van der Waals surface area contributed by atoms with Gasteiger partial charge in [0.15, 0.2) is 0 Å². The van der Waals surface area contributed by atoms with Gasteiger partial charge in [-0.25, -0.2) is 4.98 Å². The maximum absolute atomic E-state index is 12.4. The summed E-state index contributed by atoms with van der Waals surface area (Å²) in [6.07, 6.45) is 5.30. The number of piperidine rings is 1. The van der Waals surface area contributed by atoms with Gasteiger partial charge in [-0.3, -0.25) is 9.89 Å². The largest absolute Gasteiger partial charge is 0.342 e. The molecule has 0 saturated carbocycles. The zero-order chi connectivity index (χ0) is 14.7. The third kappa shape index (κ3) is 3.32. The molecule has 1 atom stereocenters. The van der Waals surface area contributed by atoms with Crippen LogP contribution in [0.1, 0.15) is 42.1 Å². The van der Waals surface area contributed by atoms with Crippen molar-refractivity contribution in [3.05, 3.63) is 34.0 Å². The zero-order valence-corrected chi connectivity index (χ0v) is 13.0. The molecule has 6 heteroatoms. The van der Waals surface area contributed by atoms with Gasteiger partial charge >= 0.3 is 0 Å². The fourth-order valence-electron chi connectivity index (χ4n) is 2.81. The Morgan fingerprint density at radius 1 is 1.57 bits per heavy atom. The Balaban J connectivity index is 1.61. The van der Waals surface area contributed by atoms with Crippen molar-refractivity contribution in [1.29, 1.82) is 0 Å². The maximum Gasteiger partial charge on any atom is 0.228 e. The Hall–Kier alpha value is -1.69. The molecular weight excluding hydrogens is 284 g/mol. The normalized spacial score (nSPS) is 18.9. The lowest BCUT2D eigenvalue weighted by atomic mass is 9.94. The highest BCUT2D eigenvalue weighted by atomic mass is 32.1. The quantitative estimate of drug-likeness (QED) is 0.943. The van der Waals surface area contributed by atoms with E-state index in [1.807, 2.05) is 16.3 Å². The molecule has 0 radical (unpaired) electrons. The number of aromatic nitrogens is 3. The number of amides is 1. The minimum absolute atomic E-state index is 0.187. The SMILES string of the molecule is CCc1nc(CC(=O)N2CCC[C@@H](c3ccn[nH]3)C2)cs1. The lowest BCUT2D eigenvalue weighted by molar-refractivity contribution is -0.131. The van der Waals surface area contributed by atoms with E-state index in [4.69, 9.17) is 0 Å². The summed E-state index contributed by atoms with van der Waals surface area (Å²) in [7, 11) is 0. The summed E-state index contributed by atoms with van der Waals surface area (Å²) in [4.78, 5) is 18.9. The molecular formula is C15H20N4OS. The molecule has 0 spiro atoms. The van der Waals surface area contributed by atoms with Gasteiger partial charge in [0.1, 0.15) is 0 Å². The number of hydrogen-bond donors (Lipinski definition) is 1. The third-order valence-corrected chi connectivity index (χ3v) is 5.01. The number of thiazole rings is 1. The first kappa shape index (κ1) is 14.3. The number of carbonyl (C=O) groups excluding carboxylic acids is 1. The van der Waals surface area contributed by atoms with Crippen molar-refractivity contribution in [1.82, 2.24) is 20.1 Å². The van der Waals surface area contributed by atoms with E-state index >= 15 is 0 Å². The van der Waals surface area contributed by atoms with Crippen molar-refractivity contribution in [2.24, 2.45) is 0 Å². The first-order valence-corrected chi connectivity index (χ1v) is 8.34. The average Bonchev–Trinajstić information content (AvgIpc) is 3.18. The van der Waals surface area contributed by atoms with Crippen LogP contribution in [0.3, 0.4) is 0 Å². The van der Waals surface area contributed by atoms with Crippen molar-refractivity contribution >= 4 is 17.2 Å². The van der Waals surface area contributed by atoms with Crippen LogP contribution in [0.2, 0.25) is 0 Å². The molecule has 0 unspecified atom stereocenters. The molecule has 2 aromatic heterocycles. The van der Waals surface area contributed by atoms with E-state index < -0.39 is 0 Å². The Morgan fingerprint density at radius 2 is 2.48 bits per heavy atom. The number of hydrogen-bond acceptors (Lipinski definition) is 4. The molecule has 1 saturated heterocycles. The summed E-state index contributed by atoms with van der Waals surface area (Å²) in [5.74, 6) is 0.569. The average molecular weight is 304 g/mol. The van der Waals surface area contributed by atoms with Gasteiger partial charge in [0, 0.05) is 36.3 Å². The molecule has 5 nitrogen and oxygen atoms in total. The standard InChI is InChI=1S/C15H20N4OS/c1-2-14-17-12(10-21-14)8-15(20)19-7-3-4-11(9-19)13-5-6-16-18-13/h5-6,10-11H,2-4,7-9H2,1H3,(H,16,18)/t11-/m1/s1. The van der Waals surface area contributed by atoms with E-state index in [2.05, 4.69) is 22.1 Å². The molecule has 0 bridgehead atoms. The Bertz CT molecular complexity index is 593. The molecule has 112 valence electrons. The van der Waals surface area contributed by atoms with E-state index in [1.54, 1.807) is 17.5 Å². The molecule has 2 aromatic rings. The van der Waals surface area contributed by atoms with E-state index in [1.165, 1.54) is 0 Å². The molecule has 1 amide bonds. The van der Waals surface area contributed by atoms with Gasteiger partial charge in [0.25, 0.3) is 0 Å². The fraction of sp³-hybridized carbons (Fsp3) is 0.533. The number of likely N-dealkylation sites (tertiary alicyclic amines) is 1. The van der Waals surface area contributed by atoms with E-state index in [0.717, 1.165) is 48.7 Å². The predicted molar refractivity (Wildman–Crippen MR) is 82.3 cm³/mol. The highest BCUT2D eigenvalue weighted by molar-refractivity contribution is 7.09. The lowest BCUT2D eigenvalue weighted by Gasteiger charge is -2.32. The smallest absolute Gasteiger partial charge is 0.228 e. The summed E-state index contributed by atoms with van der Waals surface area (Å²) in [6, 6.07) is 2.01. The minimum Gasteiger partial charge on any atom is -0.342 e. The first-order valence-electron chi connectivity index (χ1n) is 7.46. The lowest BCUT2D eigenvalue weighted by Crippen LogP contribution is -2.40. The molecule has 1 aliphatic heterocycles. The summed E-state index contributed by atoms with van der Waals surface area (Å²) < 4.78 is 0. The van der Waals surface area contributed by atoms with Crippen LogP contribution in [-0.4, -0.2) is 39.1 Å². The number of nitrogens with one attached hydrogen (secondary N) is 1. The van der Waals surface area contributed by atoms with Crippen LogP contribution in [0.25, 0.3) is 0 Å². The summed E-state index contributed by atoms with van der Waals surface area (Å²) in [5, 5.41) is 10.1. The molecule has 0 aromatic carbocycles. The number of aryl methyl sites for hydroxylation is 1. The number of nitrogens with zero attached hydrogens (tertiary/aromatic N) is 3. The molecule has 1 N–H and O–H groups in total. The molecule has 3 rings (SSSR count). The van der Waals surface area contributed by atoms with Crippen LogP contribution in [0.15, 0.2) is 17.6 Å². The summed E-state index contributed by atoms with van der Waals surface area (Å²) in [5.41, 5.74) is 2.04. The molecule has 3 heterocycles. The predicted octanol–water partition coefficient (Wildman–Crippen LogP) is 2.38. The van der Waals surface area contributed by atoms with Gasteiger partial charge < -0.3 is 4.90 Å². The number of aromatic amines is 1. The molecule has 21 heavy (non-hydrogen) atoms. The molecule has 0 aliphatic carbocycles.